The lowest BCUT2D eigenvalue weighted by atomic mass is 9.90. The molecule has 44 heavy (non-hydrogen) atoms. The predicted octanol–water partition coefficient (Wildman–Crippen LogP) is 7.55. The van der Waals surface area contributed by atoms with Gasteiger partial charge in [-0.1, -0.05) is 65.7 Å². The Morgan fingerprint density at radius 3 is 2.43 bits per heavy atom. The second-order valence-corrected chi connectivity index (χ2v) is 10.3. The second-order valence-electron chi connectivity index (χ2n) is 9.52. The average molecular weight is 648 g/mol. The van der Waals surface area contributed by atoms with Gasteiger partial charge in [0.2, 0.25) is 5.60 Å². The summed E-state index contributed by atoms with van der Waals surface area (Å²) in [7, 11) is 1.57. The van der Waals surface area contributed by atoms with E-state index in [1.165, 1.54) is 24.5 Å². The van der Waals surface area contributed by atoms with Gasteiger partial charge in [0.1, 0.15) is 5.75 Å². The molecular weight excluding hydrogens is 625 g/mol. The molecule has 228 valence electrons. The highest BCUT2D eigenvalue weighted by Crippen LogP contribution is 2.49. The normalized spacial score (nSPS) is 16.6. The molecular formula is C31H23Cl2F4N3O4. The molecule has 0 aliphatic carbocycles. The standard InChI is InChI=1S/C31H23Cl2F4N3O4/c1-42-20-6-4-5-18(13-20)17-43-39-12-11-38-29(41)24-10-9-23(21-7-2-3-8-22(21)24)27-16-30(44-40-27,31(35,36)37)19-14-25(32)28(34)26(33)15-19/h2-16,39-40H,17H2,1H3,(H,38,41). The van der Waals surface area contributed by atoms with E-state index in [1.807, 2.05) is 24.3 Å². The molecule has 4 aromatic rings. The number of carbonyl (C=O) groups is 1. The molecule has 1 atom stereocenters. The number of amides is 1. The van der Waals surface area contributed by atoms with E-state index >= 15 is 0 Å². The first-order valence-electron chi connectivity index (χ1n) is 12.9. The quantitative estimate of drug-likeness (QED) is 0.0753. The summed E-state index contributed by atoms with van der Waals surface area (Å²) in [6, 6.07) is 18.6. The van der Waals surface area contributed by atoms with Gasteiger partial charge in [-0.2, -0.15) is 13.2 Å². The first-order valence-corrected chi connectivity index (χ1v) is 13.7. The largest absolute Gasteiger partial charge is 0.497 e. The van der Waals surface area contributed by atoms with Crippen LogP contribution < -0.4 is 21.0 Å². The van der Waals surface area contributed by atoms with Crippen LogP contribution in [0.4, 0.5) is 17.6 Å². The lowest BCUT2D eigenvalue weighted by molar-refractivity contribution is -0.269. The zero-order valence-corrected chi connectivity index (χ0v) is 24.3. The third kappa shape index (κ3) is 6.18. The van der Waals surface area contributed by atoms with Crippen molar-refractivity contribution in [3.8, 4) is 5.75 Å². The van der Waals surface area contributed by atoms with Crippen LogP contribution in [0.5, 0.6) is 5.75 Å². The third-order valence-electron chi connectivity index (χ3n) is 6.78. The van der Waals surface area contributed by atoms with Crippen molar-refractivity contribution in [2.45, 2.75) is 18.4 Å². The molecule has 1 amide bonds. The number of hydrogen-bond donors (Lipinski definition) is 3. The summed E-state index contributed by atoms with van der Waals surface area (Å²) in [6.45, 7) is 0.242. The zero-order chi connectivity index (χ0) is 31.5. The number of hydroxylamine groups is 2. The number of methoxy groups -OCH3 is 1. The van der Waals surface area contributed by atoms with Crippen LogP contribution in [0.1, 0.15) is 27.0 Å². The number of nitrogens with one attached hydrogen (secondary N) is 3. The molecule has 4 aromatic carbocycles. The Morgan fingerprint density at radius 1 is 1.00 bits per heavy atom. The van der Waals surface area contributed by atoms with Crippen molar-refractivity contribution in [3.05, 3.63) is 129 Å². The third-order valence-corrected chi connectivity index (χ3v) is 7.33. The number of alkyl halides is 3. The van der Waals surface area contributed by atoms with Gasteiger partial charge in [0, 0.05) is 29.1 Å². The van der Waals surface area contributed by atoms with Crippen LogP contribution in [0.2, 0.25) is 10.0 Å². The van der Waals surface area contributed by atoms with Crippen molar-refractivity contribution in [3.63, 3.8) is 0 Å². The van der Waals surface area contributed by atoms with E-state index < -0.39 is 39.1 Å². The lowest BCUT2D eigenvalue weighted by Crippen LogP contribution is -2.42. The predicted molar refractivity (Wildman–Crippen MR) is 158 cm³/mol. The van der Waals surface area contributed by atoms with Gasteiger partial charge in [-0.3, -0.25) is 25.4 Å². The number of hydrogen-bond acceptors (Lipinski definition) is 6. The molecule has 1 unspecified atom stereocenters. The van der Waals surface area contributed by atoms with E-state index in [1.54, 1.807) is 31.4 Å². The maximum atomic E-state index is 14.5. The minimum Gasteiger partial charge on any atom is -0.497 e. The maximum absolute atomic E-state index is 14.5. The van der Waals surface area contributed by atoms with Gasteiger partial charge in [-0.15, -0.1) is 0 Å². The highest BCUT2D eigenvalue weighted by Gasteiger charge is 2.60. The van der Waals surface area contributed by atoms with E-state index in [0.29, 0.717) is 22.1 Å². The van der Waals surface area contributed by atoms with Crippen molar-refractivity contribution in [1.29, 1.82) is 0 Å². The number of rotatable bonds is 9. The van der Waals surface area contributed by atoms with Crippen molar-refractivity contribution >= 4 is 45.6 Å². The Labute approximate surface area is 258 Å². The van der Waals surface area contributed by atoms with Gasteiger partial charge in [0.05, 0.1) is 29.5 Å². The smallest absolute Gasteiger partial charge is 0.428 e. The van der Waals surface area contributed by atoms with Crippen LogP contribution in [0, 0.1) is 5.82 Å². The molecule has 0 saturated carbocycles. The highest BCUT2D eigenvalue weighted by molar-refractivity contribution is 6.35. The first kappa shape index (κ1) is 31.1. The van der Waals surface area contributed by atoms with E-state index in [-0.39, 0.29) is 17.9 Å². The summed E-state index contributed by atoms with van der Waals surface area (Å²) >= 11 is 11.6. The first-order chi connectivity index (χ1) is 21.0. The number of fused-ring (bicyclic) bond motifs is 1. The Morgan fingerprint density at radius 2 is 1.73 bits per heavy atom. The van der Waals surface area contributed by atoms with Gasteiger partial charge in [0.25, 0.3) is 5.91 Å². The molecule has 0 fully saturated rings. The van der Waals surface area contributed by atoms with E-state index in [4.69, 9.17) is 37.6 Å². The molecule has 1 aliphatic heterocycles. The summed E-state index contributed by atoms with van der Waals surface area (Å²) in [5, 5.41) is 2.39. The van der Waals surface area contributed by atoms with Crippen molar-refractivity contribution in [2.24, 2.45) is 0 Å². The molecule has 7 nitrogen and oxygen atoms in total. The zero-order valence-electron chi connectivity index (χ0n) is 22.8. The van der Waals surface area contributed by atoms with Crippen LogP contribution in [-0.4, -0.2) is 19.2 Å². The number of benzene rings is 4. The van der Waals surface area contributed by atoms with Gasteiger partial charge in [-0.05, 0) is 52.7 Å². The molecule has 3 N–H and O–H groups in total. The van der Waals surface area contributed by atoms with Crippen LogP contribution in [0.15, 0.2) is 91.3 Å². The Balaban J connectivity index is 1.36. The summed E-state index contributed by atoms with van der Waals surface area (Å²) < 4.78 is 62.6. The summed E-state index contributed by atoms with van der Waals surface area (Å²) in [4.78, 5) is 23.5. The van der Waals surface area contributed by atoms with Gasteiger partial charge in [0.15, 0.2) is 5.82 Å². The second kappa shape index (κ2) is 12.7. The summed E-state index contributed by atoms with van der Waals surface area (Å²) in [6.07, 6.45) is -1.42. The molecule has 1 heterocycles. The fourth-order valence-corrected chi connectivity index (χ4v) is 5.13. The fourth-order valence-electron chi connectivity index (χ4n) is 4.64. The summed E-state index contributed by atoms with van der Waals surface area (Å²) in [5.41, 5.74) is 2.86. The fraction of sp³-hybridized carbons (Fsp3) is 0.129. The van der Waals surface area contributed by atoms with E-state index in [2.05, 4.69) is 16.3 Å². The van der Waals surface area contributed by atoms with Crippen molar-refractivity contribution in [1.82, 2.24) is 16.3 Å². The van der Waals surface area contributed by atoms with Crippen LogP contribution in [0.3, 0.4) is 0 Å². The van der Waals surface area contributed by atoms with Crippen LogP contribution in [0.25, 0.3) is 16.5 Å². The van der Waals surface area contributed by atoms with Gasteiger partial charge >= 0.3 is 6.18 Å². The average Bonchev–Trinajstić information content (AvgIpc) is 3.48. The highest BCUT2D eigenvalue weighted by atomic mass is 35.5. The Hall–Kier alpha value is -4.29. The van der Waals surface area contributed by atoms with Crippen molar-refractivity contribution in [2.75, 3.05) is 7.11 Å². The minimum atomic E-state index is -4.99. The Kier molecular flexibility index (Phi) is 9.02. The van der Waals surface area contributed by atoms with Crippen LogP contribution >= 0.6 is 23.2 Å². The molecule has 13 heteroatoms. The molecule has 0 radical (unpaired) electrons. The Bertz CT molecular complexity index is 1760. The molecule has 0 aromatic heterocycles. The number of halogens is 6. The SMILES string of the molecule is COc1cccc(CONC=CNC(=O)c2ccc(C3=CC(c4cc(Cl)c(F)c(Cl)c4)(C(F)(F)F)ON3)c3ccccc23)c1. The molecule has 0 saturated heterocycles. The monoisotopic (exact) mass is 647 g/mol. The molecule has 0 spiro atoms. The number of ether oxygens (including phenoxy) is 1. The van der Waals surface area contributed by atoms with E-state index in [9.17, 15) is 22.4 Å². The number of carbonyl (C=O) groups excluding carboxylic acids is 1. The topological polar surface area (TPSA) is 80.9 Å². The van der Waals surface area contributed by atoms with Crippen molar-refractivity contribution < 1.29 is 36.8 Å². The molecule has 5 rings (SSSR count). The van der Waals surface area contributed by atoms with E-state index in [0.717, 1.165) is 23.8 Å². The minimum absolute atomic E-state index is 0.0284. The molecule has 0 bridgehead atoms. The van der Waals surface area contributed by atoms with Gasteiger partial charge < -0.3 is 10.1 Å². The lowest BCUT2D eigenvalue weighted by Gasteiger charge is -2.28. The summed E-state index contributed by atoms with van der Waals surface area (Å²) in [5.74, 6) is -0.818. The van der Waals surface area contributed by atoms with Crippen LogP contribution in [-0.2, 0) is 21.9 Å². The molecule has 1 aliphatic rings. The maximum Gasteiger partial charge on any atom is 0.428 e. The van der Waals surface area contributed by atoms with Gasteiger partial charge in [-0.25, -0.2) is 4.39 Å².